The van der Waals surface area contributed by atoms with Gasteiger partial charge in [-0.3, -0.25) is 0 Å². The molecule has 1 rings (SSSR count). The number of benzene rings is 1. The first-order valence-corrected chi connectivity index (χ1v) is 5.46. The van der Waals surface area contributed by atoms with Gasteiger partial charge in [0.15, 0.2) is 6.71 Å². The zero-order chi connectivity index (χ0) is 10.4. The zero-order valence-electron chi connectivity index (χ0n) is 9.42. The number of unbranched alkanes of at least 4 members (excludes halogenated alkanes) is 1. The summed E-state index contributed by atoms with van der Waals surface area (Å²) >= 11 is 0. The van der Waals surface area contributed by atoms with Gasteiger partial charge in [-0.05, 0) is 18.6 Å². The Morgan fingerprint density at radius 2 is 2.07 bits per heavy atom. The number of rotatable bonds is 5. The molecule has 0 N–H and O–H groups in total. The molecule has 76 valence electrons. The van der Waals surface area contributed by atoms with E-state index in [9.17, 15) is 0 Å². The number of ether oxygens (including phenoxy) is 1. The predicted octanol–water partition coefficient (Wildman–Crippen LogP) is 2.83. The summed E-state index contributed by atoms with van der Waals surface area (Å²) in [6.07, 6.45) is 2.32. The molecule has 0 bridgehead atoms. The molecule has 0 saturated heterocycles. The highest BCUT2D eigenvalue weighted by molar-refractivity contribution is 6.70. The van der Waals surface area contributed by atoms with E-state index >= 15 is 0 Å². The Kier molecular flexibility index (Phi) is 4.58. The third-order valence-electron chi connectivity index (χ3n) is 2.29. The molecule has 0 aromatic heterocycles. The van der Waals surface area contributed by atoms with Gasteiger partial charge in [0.05, 0.1) is 6.61 Å². The summed E-state index contributed by atoms with van der Waals surface area (Å²) in [5.74, 6) is 1.00. The highest BCUT2D eigenvalue weighted by Gasteiger charge is 2.03. The molecule has 0 unspecified atom stereocenters. The average Bonchev–Trinajstić information content (AvgIpc) is 2.19. The molecule has 0 spiro atoms. The maximum Gasteiger partial charge on any atom is 0.169 e. The molecule has 1 aromatic carbocycles. The smallest absolute Gasteiger partial charge is 0.169 e. The minimum absolute atomic E-state index is 0.574. The van der Waals surface area contributed by atoms with Crippen LogP contribution in [0.1, 0.15) is 19.8 Å². The van der Waals surface area contributed by atoms with Crippen molar-refractivity contribution in [3.05, 3.63) is 24.3 Å². The van der Waals surface area contributed by atoms with Crippen molar-refractivity contribution < 1.29 is 4.74 Å². The van der Waals surface area contributed by atoms with Crippen LogP contribution in [-0.4, -0.2) is 13.3 Å². The minimum atomic E-state index is 0.574. The molecule has 2 heteroatoms. The van der Waals surface area contributed by atoms with Crippen LogP contribution < -0.4 is 10.2 Å². The van der Waals surface area contributed by atoms with Crippen LogP contribution in [0.25, 0.3) is 0 Å². The van der Waals surface area contributed by atoms with E-state index < -0.39 is 0 Å². The third-order valence-corrected chi connectivity index (χ3v) is 2.29. The molecule has 1 nitrogen and oxygen atoms in total. The monoisotopic (exact) mass is 190 g/mol. The average molecular weight is 190 g/mol. The molecule has 0 heterocycles. The Labute approximate surface area is 87.6 Å². The van der Waals surface area contributed by atoms with E-state index in [0.717, 1.165) is 18.8 Å². The van der Waals surface area contributed by atoms with Gasteiger partial charge in [0, 0.05) is 0 Å². The number of hydrogen-bond donors (Lipinski definition) is 0. The molecule has 0 amide bonds. The summed E-state index contributed by atoms with van der Waals surface area (Å²) in [5, 5.41) is 0. The van der Waals surface area contributed by atoms with Gasteiger partial charge in [-0.1, -0.05) is 44.6 Å². The van der Waals surface area contributed by atoms with Crippen molar-refractivity contribution in [2.75, 3.05) is 6.61 Å². The van der Waals surface area contributed by atoms with Crippen LogP contribution in [0.15, 0.2) is 24.3 Å². The highest BCUT2D eigenvalue weighted by Crippen LogP contribution is 2.08. The van der Waals surface area contributed by atoms with Gasteiger partial charge in [-0.2, -0.15) is 0 Å². The molecule has 0 aliphatic carbocycles. The molecule has 1 aromatic rings. The second-order valence-electron chi connectivity index (χ2n) is 3.93. The van der Waals surface area contributed by atoms with E-state index in [4.69, 9.17) is 4.74 Å². The Morgan fingerprint density at radius 3 is 2.71 bits per heavy atom. The Balaban J connectivity index is 2.55. The van der Waals surface area contributed by atoms with Crippen molar-refractivity contribution in [2.24, 2.45) is 0 Å². The largest absolute Gasteiger partial charge is 0.494 e. The Hall–Kier alpha value is -0.915. The van der Waals surface area contributed by atoms with E-state index in [1.807, 2.05) is 6.07 Å². The van der Waals surface area contributed by atoms with E-state index in [1.165, 1.54) is 11.9 Å². The first kappa shape index (κ1) is 11.2. The second kappa shape index (κ2) is 5.74. The standard InChI is InChI=1S/C12H19BO/c1-4-5-9-14-12-8-6-7-11(10-12)13(2)3/h6-8,10H,4-5,9H2,1-3H3. The van der Waals surface area contributed by atoms with Gasteiger partial charge >= 0.3 is 0 Å². The van der Waals surface area contributed by atoms with Gasteiger partial charge in [0.1, 0.15) is 5.75 Å². The van der Waals surface area contributed by atoms with Crippen LogP contribution in [0.3, 0.4) is 0 Å². The van der Waals surface area contributed by atoms with Crippen LogP contribution in [-0.2, 0) is 0 Å². The van der Waals surface area contributed by atoms with Gasteiger partial charge < -0.3 is 4.74 Å². The summed E-state index contributed by atoms with van der Waals surface area (Å²) in [4.78, 5) is 0. The minimum Gasteiger partial charge on any atom is -0.494 e. The first-order chi connectivity index (χ1) is 6.74. The second-order valence-corrected chi connectivity index (χ2v) is 3.93. The predicted molar refractivity (Wildman–Crippen MR) is 64.0 cm³/mol. The summed E-state index contributed by atoms with van der Waals surface area (Å²) in [5.41, 5.74) is 1.35. The molecular formula is C12H19BO. The van der Waals surface area contributed by atoms with Gasteiger partial charge in [0.2, 0.25) is 0 Å². The fourth-order valence-corrected chi connectivity index (χ4v) is 1.30. The highest BCUT2D eigenvalue weighted by atomic mass is 16.5. The SMILES string of the molecule is CCCCOc1cccc(B(C)C)c1. The molecule has 0 aliphatic rings. The van der Waals surface area contributed by atoms with Crippen molar-refractivity contribution in [2.45, 2.75) is 33.4 Å². The van der Waals surface area contributed by atoms with Crippen LogP contribution in [0.4, 0.5) is 0 Å². The summed E-state index contributed by atoms with van der Waals surface area (Å²) < 4.78 is 5.64. The lowest BCUT2D eigenvalue weighted by atomic mass is 9.49. The summed E-state index contributed by atoms with van der Waals surface area (Å²) in [6.45, 7) is 7.98. The summed E-state index contributed by atoms with van der Waals surface area (Å²) in [7, 11) is 0. The van der Waals surface area contributed by atoms with Crippen LogP contribution in [0, 0.1) is 0 Å². The van der Waals surface area contributed by atoms with Crippen molar-refractivity contribution >= 4 is 12.2 Å². The van der Waals surface area contributed by atoms with E-state index in [-0.39, 0.29) is 0 Å². The quantitative estimate of drug-likeness (QED) is 0.512. The van der Waals surface area contributed by atoms with Crippen molar-refractivity contribution in [3.8, 4) is 5.75 Å². The molecule has 0 radical (unpaired) electrons. The summed E-state index contributed by atoms with van der Waals surface area (Å²) in [6, 6.07) is 8.38. The van der Waals surface area contributed by atoms with Gasteiger partial charge in [-0.15, -0.1) is 0 Å². The molecular weight excluding hydrogens is 171 g/mol. The zero-order valence-corrected chi connectivity index (χ0v) is 9.42. The Bertz CT molecular complexity index is 271. The van der Waals surface area contributed by atoms with Crippen molar-refractivity contribution in [1.29, 1.82) is 0 Å². The third kappa shape index (κ3) is 3.45. The molecule has 14 heavy (non-hydrogen) atoms. The maximum atomic E-state index is 5.64. The molecule has 0 atom stereocenters. The molecule has 0 saturated carbocycles. The fourth-order valence-electron chi connectivity index (χ4n) is 1.30. The van der Waals surface area contributed by atoms with Crippen molar-refractivity contribution in [1.82, 2.24) is 0 Å². The normalized spacial score (nSPS) is 9.93. The fraction of sp³-hybridized carbons (Fsp3) is 0.500. The van der Waals surface area contributed by atoms with Crippen LogP contribution >= 0.6 is 0 Å². The van der Waals surface area contributed by atoms with Gasteiger partial charge in [-0.25, -0.2) is 0 Å². The molecule has 0 fully saturated rings. The van der Waals surface area contributed by atoms with E-state index in [1.54, 1.807) is 0 Å². The first-order valence-electron chi connectivity index (χ1n) is 5.46. The Morgan fingerprint density at radius 1 is 1.29 bits per heavy atom. The molecule has 0 aliphatic heterocycles. The van der Waals surface area contributed by atoms with Crippen LogP contribution in [0.5, 0.6) is 5.75 Å². The van der Waals surface area contributed by atoms with E-state index in [2.05, 4.69) is 38.8 Å². The topological polar surface area (TPSA) is 9.23 Å². The lowest BCUT2D eigenvalue weighted by Gasteiger charge is -2.08. The lowest BCUT2D eigenvalue weighted by molar-refractivity contribution is 0.309. The lowest BCUT2D eigenvalue weighted by Crippen LogP contribution is -2.22. The van der Waals surface area contributed by atoms with Crippen molar-refractivity contribution in [3.63, 3.8) is 0 Å². The van der Waals surface area contributed by atoms with Gasteiger partial charge in [0.25, 0.3) is 0 Å². The van der Waals surface area contributed by atoms with E-state index in [0.29, 0.717) is 6.71 Å². The number of hydrogen-bond acceptors (Lipinski definition) is 1. The van der Waals surface area contributed by atoms with Crippen LogP contribution in [0.2, 0.25) is 13.6 Å². The maximum absolute atomic E-state index is 5.64.